The maximum Gasteiger partial charge on any atom is 0.0510 e. The van der Waals surface area contributed by atoms with Gasteiger partial charge in [-0.3, -0.25) is 0 Å². The molecule has 0 amide bonds. The van der Waals surface area contributed by atoms with Gasteiger partial charge >= 0.3 is 0 Å². The first-order valence-corrected chi connectivity index (χ1v) is 5.28. The molecule has 1 radical (unpaired) electrons. The second kappa shape index (κ2) is 3.97. The molecule has 14 heavy (non-hydrogen) atoms. The van der Waals surface area contributed by atoms with E-state index in [1.54, 1.807) is 5.92 Å². The van der Waals surface area contributed by atoms with Crippen molar-refractivity contribution in [3.8, 4) is 0 Å². The summed E-state index contributed by atoms with van der Waals surface area (Å²) >= 11 is 0. The third-order valence-electron chi connectivity index (χ3n) is 3.23. The van der Waals surface area contributed by atoms with Gasteiger partial charge in [0, 0.05) is 13.2 Å². The number of ether oxygens (including phenoxy) is 1. The summed E-state index contributed by atoms with van der Waals surface area (Å²) in [5, 5.41) is 0. The van der Waals surface area contributed by atoms with Crippen molar-refractivity contribution in [1.82, 2.24) is 4.90 Å². The molecule has 2 nitrogen and oxygen atoms in total. The Labute approximate surface area is 81.3 Å². The van der Waals surface area contributed by atoms with E-state index in [4.69, 9.17) is 4.74 Å². The van der Waals surface area contributed by atoms with E-state index < -0.39 is 0 Å². The van der Waals surface area contributed by atoms with Gasteiger partial charge in [-0.2, -0.15) is 13.3 Å². The smallest absolute Gasteiger partial charge is 0.0510 e. The van der Waals surface area contributed by atoms with Gasteiger partial charge in [-0.25, -0.2) is 0 Å². The van der Waals surface area contributed by atoms with Crippen LogP contribution in [0.15, 0.2) is 0 Å². The average molecular weight is 444 g/mol. The van der Waals surface area contributed by atoms with Crippen molar-refractivity contribution in [2.75, 3.05) is 33.4 Å². The van der Waals surface area contributed by atoms with Crippen molar-refractivity contribution in [3.63, 3.8) is 0 Å². The van der Waals surface area contributed by atoms with Gasteiger partial charge in [0.25, 0.3) is 0 Å². The summed E-state index contributed by atoms with van der Waals surface area (Å²) in [6, 6.07) is 0. The van der Waals surface area contributed by atoms with E-state index in [1.807, 2.05) is 0 Å². The second-order valence-corrected chi connectivity index (χ2v) is 4.96. The van der Waals surface area contributed by atoms with Gasteiger partial charge < -0.3 is 15.6 Å². The Morgan fingerprint density at radius 2 is 2.21 bits per heavy atom. The van der Waals surface area contributed by atoms with Crippen molar-refractivity contribution in [1.29, 1.82) is 0 Å². The van der Waals surface area contributed by atoms with E-state index in [2.05, 4.69) is 18.9 Å². The van der Waals surface area contributed by atoms with Crippen LogP contribution in [0.25, 0.3) is 0 Å². The first kappa shape index (κ1) is 11.0. The van der Waals surface area contributed by atoms with Crippen LogP contribution in [-0.2, 0) is 4.74 Å². The molecule has 2 aliphatic rings. The maximum atomic E-state index is 5.62. The molecule has 2 fully saturated rings. The Balaban J connectivity index is 0.000000980. The second-order valence-electron chi connectivity index (χ2n) is 4.96. The van der Waals surface area contributed by atoms with Crippen molar-refractivity contribution in [3.05, 3.63) is 5.92 Å². The molecule has 1 unspecified atom stereocenters. The first-order chi connectivity index (χ1) is 6.20. The van der Waals surface area contributed by atoms with Crippen molar-refractivity contribution in [2.45, 2.75) is 26.2 Å². The average Bonchev–Trinajstić information content (AvgIpc) is 2.02. The molecule has 0 aliphatic carbocycles. The number of rotatable bonds is 0. The largest absolute Gasteiger partial charge is 0.381 e. The molecule has 0 aromatic carbocycles. The van der Waals surface area contributed by atoms with Crippen LogP contribution >= 0.6 is 0 Å². The predicted molar refractivity (Wildman–Crippen MR) is 53.5 cm³/mol. The Kier molecular flexibility index (Phi) is 3.12. The molecule has 3 heteroatoms. The van der Waals surface area contributed by atoms with Crippen molar-refractivity contribution >= 4 is 0 Å². The fraction of sp³-hybridized carbons (Fsp3) is 0.909. The fourth-order valence-corrected chi connectivity index (χ4v) is 3.02. The summed E-state index contributed by atoms with van der Waals surface area (Å²) in [6.45, 7) is 6.65. The topological polar surface area (TPSA) is 12.5 Å². The quantitative estimate of drug-likeness (QED) is 0.528. The third kappa shape index (κ3) is 2.05. The fourth-order valence-electron chi connectivity index (χ4n) is 3.02. The van der Waals surface area contributed by atoms with Gasteiger partial charge in [-0.15, -0.1) is 6.54 Å². The van der Waals surface area contributed by atoms with Gasteiger partial charge in [0.15, 0.2) is 0 Å². The number of hydrogen-bond acceptors (Lipinski definition) is 2. The Morgan fingerprint density at radius 1 is 1.43 bits per heavy atom. The number of piperidine rings is 1. The van der Waals surface area contributed by atoms with Crippen LogP contribution in [0.2, 0.25) is 0 Å². The van der Waals surface area contributed by atoms with Gasteiger partial charge in [0.1, 0.15) is 0 Å². The van der Waals surface area contributed by atoms with Crippen molar-refractivity contribution < 1.29 is 4.74 Å². The van der Waals surface area contributed by atoms with Crippen LogP contribution in [0.3, 0.4) is 0 Å². The van der Waals surface area contributed by atoms with Gasteiger partial charge in [-0.1, -0.05) is 0 Å². The maximum absolute atomic E-state index is 5.62. The Hall–Kier alpha value is -1.08. The molecule has 2 saturated heterocycles. The summed E-state index contributed by atoms with van der Waals surface area (Å²) < 4.78 is 5.62. The van der Waals surface area contributed by atoms with Gasteiger partial charge in [0.05, 0.1) is 6.61 Å². The molecule has 1 spiro atoms. The standard InChI is InChI=1S/C11H20NO.Lr/c1-10-6-11(8-12(2)7-10)4-3-5-13-9-11;/h3-9H2,1-2H3;/q-1;. The van der Waals surface area contributed by atoms with Crippen LogP contribution < -0.4 is 0 Å². The van der Waals surface area contributed by atoms with E-state index in [9.17, 15) is 0 Å². The Morgan fingerprint density at radius 3 is 2.79 bits per heavy atom. The summed E-state index contributed by atoms with van der Waals surface area (Å²) in [5.41, 5.74) is 0.468. The van der Waals surface area contributed by atoms with E-state index in [0.717, 1.165) is 13.2 Å². The number of likely N-dealkylation sites (tertiary alicyclic amines) is 1. The summed E-state index contributed by atoms with van der Waals surface area (Å²) in [6.07, 6.45) is 3.90. The zero-order valence-electron chi connectivity index (χ0n) is 9.06. The zero-order valence-corrected chi connectivity index (χ0v) is 11.2. The SMILES string of the molecule is C[C-]1CN(C)CC2(CCCOC2)C1.[Lr]. The molecule has 91 valence electrons. The molecule has 0 aromatic rings. The zero-order chi connectivity index (χ0) is 9.31. The minimum absolute atomic E-state index is 0. The normalized spacial score (nSPS) is 35.6. The monoisotopic (exact) mass is 444 g/mol. The molecule has 2 rings (SSSR count). The van der Waals surface area contributed by atoms with Crippen LogP contribution in [0.5, 0.6) is 0 Å². The molecule has 2 aliphatic heterocycles. The number of hydrogen-bond donors (Lipinski definition) is 0. The van der Waals surface area contributed by atoms with E-state index in [0.29, 0.717) is 5.41 Å². The van der Waals surface area contributed by atoms with Crippen LogP contribution in [0, 0.1) is 11.3 Å². The minimum atomic E-state index is 0. The van der Waals surface area contributed by atoms with Crippen LogP contribution in [0.1, 0.15) is 26.2 Å². The molecular weight excluding hydrogens is 424 g/mol. The predicted octanol–water partition coefficient (Wildman–Crippen LogP) is 1.71. The Bertz CT molecular complexity index is 168. The first-order valence-electron chi connectivity index (χ1n) is 5.28. The van der Waals surface area contributed by atoms with Crippen molar-refractivity contribution in [2.24, 2.45) is 5.41 Å². The molecule has 0 bridgehead atoms. The molecule has 0 N–H and O–H groups in total. The van der Waals surface area contributed by atoms with Crippen LogP contribution in [-0.4, -0.2) is 38.3 Å². The number of nitrogens with zero attached hydrogens (tertiary/aromatic N) is 1. The van der Waals surface area contributed by atoms with E-state index >= 15 is 0 Å². The molecular formula is C11H20LrNO-. The minimum Gasteiger partial charge on any atom is -0.381 e. The molecule has 0 saturated carbocycles. The molecule has 2 heterocycles. The van der Waals surface area contributed by atoms with Crippen LogP contribution in [0.4, 0.5) is 0 Å². The molecule has 0 aromatic heterocycles. The van der Waals surface area contributed by atoms with Gasteiger partial charge in [-0.05, 0) is 25.3 Å². The summed E-state index contributed by atoms with van der Waals surface area (Å²) in [4.78, 5) is 2.44. The van der Waals surface area contributed by atoms with E-state index in [-0.39, 0.29) is 0 Å². The third-order valence-corrected chi connectivity index (χ3v) is 3.23. The molecule has 1 atom stereocenters. The van der Waals surface area contributed by atoms with E-state index in [1.165, 1.54) is 32.4 Å². The summed E-state index contributed by atoms with van der Waals surface area (Å²) in [5.74, 6) is 1.62. The summed E-state index contributed by atoms with van der Waals surface area (Å²) in [7, 11) is 2.22. The van der Waals surface area contributed by atoms with Gasteiger partial charge in [0.2, 0.25) is 0 Å².